The topological polar surface area (TPSA) is 27.7 Å². The highest BCUT2D eigenvalue weighted by Crippen LogP contribution is 1.81. The molecule has 0 aromatic carbocycles. The Morgan fingerprint density at radius 3 is 1.12 bits per heavy atom. The molecule has 0 unspecified atom stereocenters. The molecule has 0 radical (unpaired) electrons. The molecule has 0 atom stereocenters. The summed E-state index contributed by atoms with van der Waals surface area (Å²) < 4.78 is 13.8. The lowest BCUT2D eigenvalue weighted by atomic mass is 10.2. The van der Waals surface area contributed by atoms with Gasteiger partial charge in [0.15, 0.2) is 0 Å². The average Bonchev–Trinajstić information content (AvgIpc) is 1.72. The number of hydrogen-bond donors (Lipinski definition) is 0. The molecule has 0 aliphatic carbocycles. The van der Waals surface area contributed by atoms with Crippen LogP contribution in [0.3, 0.4) is 0 Å². The first-order chi connectivity index (χ1) is 3.35. The van der Waals surface area contributed by atoms with Gasteiger partial charge in [0.25, 0.3) is 0 Å². The van der Waals surface area contributed by atoms with Crippen LogP contribution in [0.15, 0.2) is 0 Å². The Kier molecular flexibility index (Phi) is 11.0. The van der Waals surface area contributed by atoms with Crippen molar-refractivity contribution >= 4 is 31.3 Å². The molecular weight excluding hydrogens is 222 g/mol. The Bertz CT molecular complexity index is 36.0. The molecule has 8 heavy (non-hydrogen) atoms. The van der Waals surface area contributed by atoms with E-state index >= 15 is 0 Å². The fraction of sp³-hybridized carbons (Fsp3) is 1.00. The van der Waals surface area contributed by atoms with Crippen LogP contribution in [-0.2, 0) is 14.0 Å². The van der Waals surface area contributed by atoms with Crippen molar-refractivity contribution in [3.8, 4) is 0 Å². The van der Waals surface area contributed by atoms with E-state index in [0.717, 1.165) is 0 Å². The van der Waals surface area contributed by atoms with Gasteiger partial charge in [-0.15, -0.1) is 24.0 Å². The third kappa shape index (κ3) is 4.82. The summed E-state index contributed by atoms with van der Waals surface area (Å²) >= 11 is 0. The molecule has 0 rings (SSSR count). The molecule has 0 saturated carbocycles. The van der Waals surface area contributed by atoms with Crippen molar-refractivity contribution in [1.82, 2.24) is 0 Å². The second-order valence-electron chi connectivity index (χ2n) is 0.996. The number of hydrogen-bond acceptors (Lipinski definition) is 3. The fourth-order valence-electron chi connectivity index (χ4n) is 0.289. The summed E-state index contributed by atoms with van der Waals surface area (Å²) in [5.74, 6) is 0. The summed E-state index contributed by atoms with van der Waals surface area (Å²) in [4.78, 5) is 0. The second kappa shape index (κ2) is 7.67. The van der Waals surface area contributed by atoms with Crippen LogP contribution in [0, 0.1) is 0 Å². The highest BCUT2D eigenvalue weighted by atomic mass is 127. The van der Waals surface area contributed by atoms with Gasteiger partial charge in [-0.1, -0.05) is 0 Å². The monoisotopic (exact) mass is 232 g/mol. The minimum atomic E-state index is -0.514. The van der Waals surface area contributed by atoms with E-state index in [1.807, 2.05) is 0 Å². The summed E-state index contributed by atoms with van der Waals surface area (Å²) in [6.45, 7) is 0. The van der Waals surface area contributed by atoms with Gasteiger partial charge in [0.1, 0.15) is 0 Å². The third-order valence-electron chi connectivity index (χ3n) is 0.577. The zero-order valence-corrected chi connectivity index (χ0v) is 7.54. The lowest BCUT2D eigenvalue weighted by Crippen LogP contribution is -2.21. The van der Waals surface area contributed by atoms with E-state index in [1.54, 1.807) is 0 Å². The van der Waals surface area contributed by atoms with E-state index in [-0.39, 0.29) is 24.0 Å². The maximum Gasteiger partial charge on any atom is 0.638 e. The quantitative estimate of drug-likeness (QED) is 0.524. The largest absolute Gasteiger partial charge is 0.638 e. The van der Waals surface area contributed by atoms with Crippen LogP contribution < -0.4 is 0 Å². The van der Waals surface area contributed by atoms with Gasteiger partial charge in [-0.05, 0) is 0 Å². The molecule has 0 fully saturated rings. The molecule has 5 heteroatoms. The van der Waals surface area contributed by atoms with Gasteiger partial charge in [0, 0.05) is 21.3 Å². The minimum Gasteiger partial charge on any atom is -0.389 e. The van der Waals surface area contributed by atoms with Crippen LogP contribution in [0.4, 0.5) is 0 Å². The minimum absolute atomic E-state index is 0. The van der Waals surface area contributed by atoms with Crippen molar-refractivity contribution < 1.29 is 14.0 Å². The second-order valence-corrected chi connectivity index (χ2v) is 0.996. The normalized spacial score (nSPS) is 7.88. The summed E-state index contributed by atoms with van der Waals surface area (Å²) in [7, 11) is 4.02. The molecule has 0 aliphatic heterocycles. The average molecular weight is 232 g/mol. The Balaban J connectivity index is 0. The van der Waals surface area contributed by atoms with Gasteiger partial charge >= 0.3 is 7.32 Å². The van der Waals surface area contributed by atoms with E-state index in [9.17, 15) is 0 Å². The standard InChI is InChI=1S/C3H9BO3.HI/c1-5-4(6-2)7-3;/h1-3H3;1H. The lowest BCUT2D eigenvalue weighted by molar-refractivity contribution is 0.163. The Labute approximate surface area is 66.9 Å². The molecule has 0 aromatic heterocycles. The number of rotatable bonds is 3. The van der Waals surface area contributed by atoms with E-state index in [4.69, 9.17) is 0 Å². The van der Waals surface area contributed by atoms with Crippen LogP contribution in [0.25, 0.3) is 0 Å². The van der Waals surface area contributed by atoms with Crippen molar-refractivity contribution in [1.29, 1.82) is 0 Å². The van der Waals surface area contributed by atoms with Gasteiger partial charge in [0.2, 0.25) is 0 Å². The first kappa shape index (κ1) is 11.5. The van der Waals surface area contributed by atoms with Crippen LogP contribution >= 0.6 is 24.0 Å². The van der Waals surface area contributed by atoms with E-state index in [1.165, 1.54) is 21.3 Å². The smallest absolute Gasteiger partial charge is 0.389 e. The molecule has 0 amide bonds. The molecule has 50 valence electrons. The van der Waals surface area contributed by atoms with Crippen LogP contribution in [-0.4, -0.2) is 28.7 Å². The maximum atomic E-state index is 4.60. The van der Waals surface area contributed by atoms with Gasteiger partial charge < -0.3 is 14.0 Å². The van der Waals surface area contributed by atoms with E-state index in [2.05, 4.69) is 14.0 Å². The first-order valence-corrected chi connectivity index (χ1v) is 1.93. The summed E-state index contributed by atoms with van der Waals surface area (Å²) in [6.07, 6.45) is 0. The van der Waals surface area contributed by atoms with Crippen LogP contribution in [0.5, 0.6) is 0 Å². The van der Waals surface area contributed by atoms with Crippen molar-refractivity contribution in [2.24, 2.45) is 0 Å². The Morgan fingerprint density at radius 1 is 0.875 bits per heavy atom. The molecule has 3 nitrogen and oxygen atoms in total. The SMILES string of the molecule is COB(OC)OC.I. The van der Waals surface area contributed by atoms with Crippen LogP contribution in [0.1, 0.15) is 0 Å². The highest BCUT2D eigenvalue weighted by Gasteiger charge is 2.12. The first-order valence-electron chi connectivity index (χ1n) is 1.93. The van der Waals surface area contributed by atoms with E-state index in [0.29, 0.717) is 0 Å². The fourth-order valence-corrected chi connectivity index (χ4v) is 0.289. The van der Waals surface area contributed by atoms with Gasteiger partial charge in [-0.25, -0.2) is 0 Å². The molecular formula is C3H10BIO3. The van der Waals surface area contributed by atoms with Crippen molar-refractivity contribution in [3.05, 3.63) is 0 Å². The zero-order valence-electron chi connectivity index (χ0n) is 5.21. The third-order valence-corrected chi connectivity index (χ3v) is 0.577. The lowest BCUT2D eigenvalue weighted by Gasteiger charge is -2.01. The molecule has 0 spiro atoms. The van der Waals surface area contributed by atoms with Gasteiger partial charge in [-0.2, -0.15) is 0 Å². The maximum absolute atomic E-state index is 4.60. The number of halogens is 1. The molecule has 0 bridgehead atoms. The molecule has 0 aliphatic rings. The summed E-state index contributed by atoms with van der Waals surface area (Å²) in [6, 6.07) is 0. The summed E-state index contributed by atoms with van der Waals surface area (Å²) in [5.41, 5.74) is 0. The van der Waals surface area contributed by atoms with Crippen molar-refractivity contribution in [2.45, 2.75) is 0 Å². The molecule has 0 heterocycles. The molecule has 0 N–H and O–H groups in total. The summed E-state index contributed by atoms with van der Waals surface area (Å²) in [5, 5.41) is 0. The predicted molar refractivity (Wildman–Crippen MR) is 42.2 cm³/mol. The highest BCUT2D eigenvalue weighted by molar-refractivity contribution is 14.0. The Hall–Kier alpha value is 0.675. The molecule has 0 aromatic rings. The Morgan fingerprint density at radius 2 is 1.12 bits per heavy atom. The van der Waals surface area contributed by atoms with Gasteiger partial charge in [-0.3, -0.25) is 0 Å². The predicted octanol–water partition coefficient (Wildman–Crippen LogP) is 0.528. The molecule has 0 saturated heterocycles. The van der Waals surface area contributed by atoms with Crippen LogP contribution in [0.2, 0.25) is 0 Å². The van der Waals surface area contributed by atoms with Crippen molar-refractivity contribution in [3.63, 3.8) is 0 Å². The zero-order chi connectivity index (χ0) is 5.70. The van der Waals surface area contributed by atoms with E-state index < -0.39 is 7.32 Å². The van der Waals surface area contributed by atoms with Gasteiger partial charge in [0.05, 0.1) is 0 Å². The van der Waals surface area contributed by atoms with Crippen molar-refractivity contribution in [2.75, 3.05) is 21.3 Å².